The van der Waals surface area contributed by atoms with Crippen molar-refractivity contribution < 1.29 is 0 Å². The third kappa shape index (κ3) is 2.38. The Morgan fingerprint density at radius 1 is 1.00 bits per heavy atom. The molecule has 2 aromatic carbocycles. The van der Waals surface area contributed by atoms with E-state index in [1.165, 1.54) is 15.7 Å². The van der Waals surface area contributed by atoms with Crippen LogP contribution in [-0.2, 0) is 13.6 Å². The van der Waals surface area contributed by atoms with Gasteiger partial charge in [0, 0.05) is 12.7 Å². The molecule has 0 saturated carbocycles. The van der Waals surface area contributed by atoms with Gasteiger partial charge in [0.05, 0.1) is 17.4 Å². The molecule has 0 bridgehead atoms. The molecule has 1 N–H and O–H groups in total. The summed E-state index contributed by atoms with van der Waals surface area (Å²) in [4.78, 5) is 12.5. The summed E-state index contributed by atoms with van der Waals surface area (Å²) in [6, 6.07) is 13.8. The summed E-state index contributed by atoms with van der Waals surface area (Å²) in [6.07, 6.45) is 0. The van der Waals surface area contributed by atoms with Gasteiger partial charge in [-0.05, 0) is 37.1 Å². The average molecular weight is 333 g/mol. The second-order valence-corrected chi connectivity index (χ2v) is 6.25. The van der Waals surface area contributed by atoms with E-state index in [0.29, 0.717) is 17.7 Å². The van der Waals surface area contributed by atoms with Crippen LogP contribution in [0.1, 0.15) is 17.0 Å². The molecule has 0 fully saturated rings. The van der Waals surface area contributed by atoms with Gasteiger partial charge in [0.15, 0.2) is 5.82 Å². The molecule has 0 aliphatic rings. The minimum absolute atomic E-state index is 0.0650. The fourth-order valence-corrected chi connectivity index (χ4v) is 3.27. The maximum atomic E-state index is 12.5. The Morgan fingerprint density at radius 2 is 1.72 bits per heavy atom. The molecular formula is C19H19N5O. The molecule has 0 aliphatic heterocycles. The molecule has 2 heterocycles. The van der Waals surface area contributed by atoms with Crippen LogP contribution in [0.25, 0.3) is 16.7 Å². The number of aryl methyl sites for hydroxylation is 3. The highest BCUT2D eigenvalue weighted by Crippen LogP contribution is 2.21. The van der Waals surface area contributed by atoms with Crippen LogP contribution in [-0.4, -0.2) is 19.2 Å². The van der Waals surface area contributed by atoms with Crippen LogP contribution in [0.5, 0.6) is 0 Å². The molecule has 4 rings (SSSR count). The Labute approximate surface area is 144 Å². The number of nitrogens with zero attached hydrogens (tertiary/aromatic N) is 4. The molecule has 0 atom stereocenters. The number of hydrogen-bond donors (Lipinski definition) is 1. The van der Waals surface area contributed by atoms with Gasteiger partial charge in [-0.15, -0.1) is 10.2 Å². The first-order valence-electron chi connectivity index (χ1n) is 8.20. The molecule has 0 radical (unpaired) electrons. The number of benzene rings is 2. The van der Waals surface area contributed by atoms with Crippen molar-refractivity contribution >= 4 is 22.4 Å². The largest absolute Gasteiger partial charge is 0.377 e. The number of para-hydroxylation sites is 2. The van der Waals surface area contributed by atoms with Crippen molar-refractivity contribution in [1.29, 1.82) is 0 Å². The van der Waals surface area contributed by atoms with Crippen LogP contribution >= 0.6 is 0 Å². The maximum Gasteiger partial charge on any atom is 0.262 e. The highest BCUT2D eigenvalue weighted by atomic mass is 16.1. The molecule has 0 unspecified atom stereocenters. The van der Waals surface area contributed by atoms with Crippen molar-refractivity contribution in [3.05, 3.63) is 69.8 Å². The summed E-state index contributed by atoms with van der Waals surface area (Å²) in [5.74, 6) is 1.31. The minimum atomic E-state index is -0.0650. The van der Waals surface area contributed by atoms with E-state index in [4.69, 9.17) is 0 Å². The standard InChI is InChI=1S/C19H19N5O/c1-12-7-6-8-13(2)17(12)20-11-16-21-22-19-23(3)18(25)14-9-4-5-10-15(14)24(16)19/h4-10,20H,11H2,1-3H3. The third-order valence-corrected chi connectivity index (χ3v) is 4.60. The molecule has 6 heteroatoms. The molecule has 2 aromatic heterocycles. The molecular weight excluding hydrogens is 314 g/mol. The molecule has 0 saturated heterocycles. The first-order chi connectivity index (χ1) is 12.1. The van der Waals surface area contributed by atoms with Crippen LogP contribution in [0, 0.1) is 13.8 Å². The molecule has 6 nitrogen and oxygen atoms in total. The number of anilines is 1. The molecule has 0 aliphatic carbocycles. The minimum Gasteiger partial charge on any atom is -0.377 e. The number of fused-ring (bicyclic) bond motifs is 3. The van der Waals surface area contributed by atoms with Gasteiger partial charge in [0.1, 0.15) is 0 Å². The van der Waals surface area contributed by atoms with Gasteiger partial charge in [-0.1, -0.05) is 30.3 Å². The smallest absolute Gasteiger partial charge is 0.262 e. The average Bonchev–Trinajstić information content (AvgIpc) is 3.03. The maximum absolute atomic E-state index is 12.5. The molecule has 4 aromatic rings. The number of rotatable bonds is 3. The summed E-state index contributed by atoms with van der Waals surface area (Å²) in [5, 5.41) is 12.7. The Kier molecular flexibility index (Phi) is 3.53. The van der Waals surface area contributed by atoms with Crippen molar-refractivity contribution in [2.24, 2.45) is 7.05 Å². The zero-order chi connectivity index (χ0) is 17.6. The summed E-state index contributed by atoms with van der Waals surface area (Å²) < 4.78 is 3.48. The summed E-state index contributed by atoms with van der Waals surface area (Å²) in [5.41, 5.74) is 4.24. The normalized spacial score (nSPS) is 11.3. The van der Waals surface area contributed by atoms with E-state index in [0.717, 1.165) is 17.0 Å². The van der Waals surface area contributed by atoms with E-state index in [1.807, 2.05) is 34.7 Å². The van der Waals surface area contributed by atoms with Crippen LogP contribution < -0.4 is 10.9 Å². The van der Waals surface area contributed by atoms with Gasteiger partial charge in [0.2, 0.25) is 5.78 Å². The Morgan fingerprint density at radius 3 is 2.48 bits per heavy atom. The number of hydrogen-bond acceptors (Lipinski definition) is 4. The Balaban J connectivity index is 1.85. The van der Waals surface area contributed by atoms with Crippen LogP contribution in [0.15, 0.2) is 47.3 Å². The van der Waals surface area contributed by atoms with Crippen LogP contribution in [0.3, 0.4) is 0 Å². The van der Waals surface area contributed by atoms with E-state index >= 15 is 0 Å². The topological polar surface area (TPSA) is 64.2 Å². The monoisotopic (exact) mass is 333 g/mol. The first-order valence-corrected chi connectivity index (χ1v) is 8.20. The van der Waals surface area contributed by atoms with Crippen LogP contribution in [0.2, 0.25) is 0 Å². The quantitative estimate of drug-likeness (QED) is 0.626. The van der Waals surface area contributed by atoms with Gasteiger partial charge >= 0.3 is 0 Å². The van der Waals surface area contributed by atoms with Gasteiger partial charge in [-0.3, -0.25) is 13.8 Å². The molecule has 0 amide bonds. The number of nitrogens with one attached hydrogen (secondary N) is 1. The molecule has 25 heavy (non-hydrogen) atoms. The van der Waals surface area contributed by atoms with Crippen molar-refractivity contribution in [3.8, 4) is 0 Å². The lowest BCUT2D eigenvalue weighted by Gasteiger charge is -2.12. The Hall–Kier alpha value is -3.15. The lowest BCUT2D eigenvalue weighted by atomic mass is 10.1. The lowest BCUT2D eigenvalue weighted by molar-refractivity contribution is 0.855. The van der Waals surface area contributed by atoms with E-state index < -0.39 is 0 Å². The van der Waals surface area contributed by atoms with Crippen molar-refractivity contribution in [2.75, 3.05) is 5.32 Å². The van der Waals surface area contributed by atoms with Crippen molar-refractivity contribution in [3.63, 3.8) is 0 Å². The van der Waals surface area contributed by atoms with Crippen molar-refractivity contribution in [2.45, 2.75) is 20.4 Å². The third-order valence-electron chi connectivity index (χ3n) is 4.60. The molecule has 126 valence electrons. The van der Waals surface area contributed by atoms with E-state index in [-0.39, 0.29) is 5.56 Å². The summed E-state index contributed by atoms with van der Waals surface area (Å²) in [7, 11) is 1.72. The second-order valence-electron chi connectivity index (χ2n) is 6.25. The Bertz CT molecular complexity index is 1140. The predicted octanol–water partition coefficient (Wildman–Crippen LogP) is 2.81. The fraction of sp³-hybridized carbons (Fsp3) is 0.211. The predicted molar refractivity (Wildman–Crippen MR) is 99.0 cm³/mol. The van der Waals surface area contributed by atoms with Gasteiger partial charge in [-0.2, -0.15) is 0 Å². The lowest BCUT2D eigenvalue weighted by Crippen LogP contribution is -2.20. The van der Waals surface area contributed by atoms with Crippen molar-refractivity contribution in [1.82, 2.24) is 19.2 Å². The van der Waals surface area contributed by atoms with E-state index in [9.17, 15) is 4.79 Å². The summed E-state index contributed by atoms with van der Waals surface area (Å²) >= 11 is 0. The van der Waals surface area contributed by atoms with E-state index in [2.05, 4.69) is 41.5 Å². The summed E-state index contributed by atoms with van der Waals surface area (Å²) in [6.45, 7) is 4.68. The van der Waals surface area contributed by atoms with Gasteiger partial charge in [-0.25, -0.2) is 0 Å². The second kappa shape index (κ2) is 5.73. The first kappa shape index (κ1) is 15.4. The number of aromatic nitrogens is 4. The van der Waals surface area contributed by atoms with Crippen LogP contribution in [0.4, 0.5) is 5.69 Å². The SMILES string of the molecule is Cc1cccc(C)c1NCc1nnc2n(C)c(=O)c3ccccc3n12. The zero-order valence-corrected chi connectivity index (χ0v) is 14.4. The van der Waals surface area contributed by atoms with Gasteiger partial charge in [0.25, 0.3) is 5.56 Å². The van der Waals surface area contributed by atoms with E-state index in [1.54, 1.807) is 7.05 Å². The highest BCUT2D eigenvalue weighted by Gasteiger charge is 2.14. The van der Waals surface area contributed by atoms with Gasteiger partial charge < -0.3 is 5.32 Å². The zero-order valence-electron chi connectivity index (χ0n) is 14.4. The fourth-order valence-electron chi connectivity index (χ4n) is 3.27. The highest BCUT2D eigenvalue weighted by molar-refractivity contribution is 5.80. The molecule has 0 spiro atoms.